The van der Waals surface area contributed by atoms with E-state index in [2.05, 4.69) is 65.3 Å². The molecular formula is C19H34IN5. The van der Waals surface area contributed by atoms with E-state index >= 15 is 0 Å². The first-order valence-corrected chi connectivity index (χ1v) is 9.24. The number of anilines is 1. The van der Waals surface area contributed by atoms with Crippen LogP contribution in [0.25, 0.3) is 0 Å². The molecule has 0 bridgehead atoms. The Labute approximate surface area is 170 Å². The lowest BCUT2D eigenvalue weighted by Gasteiger charge is -2.23. The molecule has 1 saturated heterocycles. The largest absolute Gasteiger partial charge is 0.357 e. The van der Waals surface area contributed by atoms with E-state index in [4.69, 9.17) is 0 Å². The Morgan fingerprint density at radius 2 is 1.84 bits per heavy atom. The quantitative estimate of drug-likeness (QED) is 0.407. The van der Waals surface area contributed by atoms with Crippen LogP contribution >= 0.6 is 24.0 Å². The van der Waals surface area contributed by atoms with Gasteiger partial charge in [-0.1, -0.05) is 18.9 Å². The van der Waals surface area contributed by atoms with Crippen LogP contribution < -0.4 is 15.5 Å². The van der Waals surface area contributed by atoms with Crippen LogP contribution in [-0.4, -0.2) is 36.1 Å². The number of aliphatic imine (C=N–C) groups is 1. The van der Waals surface area contributed by atoms with E-state index < -0.39 is 0 Å². The summed E-state index contributed by atoms with van der Waals surface area (Å²) in [7, 11) is 0. The third kappa shape index (κ3) is 8.25. The number of halogens is 1. The summed E-state index contributed by atoms with van der Waals surface area (Å²) in [4.78, 5) is 11.7. The van der Waals surface area contributed by atoms with Crippen molar-refractivity contribution >= 4 is 35.8 Å². The van der Waals surface area contributed by atoms with Crippen LogP contribution in [0.1, 0.15) is 58.9 Å². The molecule has 2 N–H and O–H groups in total. The van der Waals surface area contributed by atoms with Gasteiger partial charge in [0.05, 0.1) is 6.54 Å². The van der Waals surface area contributed by atoms with Crippen molar-refractivity contribution in [1.82, 2.24) is 15.6 Å². The predicted molar refractivity (Wildman–Crippen MR) is 118 cm³/mol. The second kappa shape index (κ2) is 10.8. The number of guanidine groups is 1. The molecule has 0 spiro atoms. The zero-order valence-electron chi connectivity index (χ0n) is 16.1. The number of pyridine rings is 1. The third-order valence-electron chi connectivity index (χ3n) is 4.00. The topological polar surface area (TPSA) is 52.6 Å². The van der Waals surface area contributed by atoms with Crippen LogP contribution in [-0.2, 0) is 6.54 Å². The van der Waals surface area contributed by atoms with Crippen molar-refractivity contribution in [2.24, 2.45) is 4.99 Å². The molecule has 142 valence electrons. The lowest BCUT2D eigenvalue weighted by atomic mass is 10.1. The molecule has 1 aliphatic heterocycles. The average Bonchev–Trinajstić information content (AvgIpc) is 2.81. The molecule has 2 rings (SSSR count). The van der Waals surface area contributed by atoms with Gasteiger partial charge in [-0.15, -0.1) is 24.0 Å². The number of hydrogen-bond acceptors (Lipinski definition) is 3. The van der Waals surface area contributed by atoms with E-state index in [0.29, 0.717) is 6.54 Å². The fourth-order valence-corrected chi connectivity index (χ4v) is 2.83. The van der Waals surface area contributed by atoms with Crippen molar-refractivity contribution in [2.45, 2.75) is 65.5 Å². The summed E-state index contributed by atoms with van der Waals surface area (Å²) in [6.07, 6.45) is 7.20. The number of hydrogen-bond donors (Lipinski definition) is 2. The van der Waals surface area contributed by atoms with Gasteiger partial charge in [-0.3, -0.25) is 0 Å². The second-order valence-electron chi connectivity index (χ2n) is 7.50. The first-order chi connectivity index (χ1) is 11.5. The standard InChI is InChI=1S/C19H33N5.HI/c1-5-20-18(23-19(2,3)4)22-15-16-10-11-17(21-14-16)24-12-8-6-7-9-13-24;/h10-11,14H,5-9,12-13,15H2,1-4H3,(H2,20,22,23);1H. The summed E-state index contributed by atoms with van der Waals surface area (Å²) in [6, 6.07) is 4.29. The lowest BCUT2D eigenvalue weighted by molar-refractivity contribution is 0.501. The molecule has 1 aromatic heterocycles. The maximum Gasteiger partial charge on any atom is 0.191 e. The van der Waals surface area contributed by atoms with E-state index in [1.165, 1.54) is 25.7 Å². The summed E-state index contributed by atoms with van der Waals surface area (Å²) in [5, 5.41) is 6.70. The molecule has 0 aromatic carbocycles. The molecule has 1 fully saturated rings. The average molecular weight is 459 g/mol. The highest BCUT2D eigenvalue weighted by atomic mass is 127. The van der Waals surface area contributed by atoms with Gasteiger partial charge in [-0.05, 0) is 52.2 Å². The van der Waals surface area contributed by atoms with E-state index in [9.17, 15) is 0 Å². The smallest absolute Gasteiger partial charge is 0.191 e. The maximum atomic E-state index is 4.67. The zero-order valence-corrected chi connectivity index (χ0v) is 18.5. The summed E-state index contributed by atoms with van der Waals surface area (Å²) >= 11 is 0. The van der Waals surface area contributed by atoms with Crippen molar-refractivity contribution in [3.63, 3.8) is 0 Å². The van der Waals surface area contributed by atoms with Crippen LogP contribution in [0.5, 0.6) is 0 Å². The van der Waals surface area contributed by atoms with Crippen LogP contribution in [0, 0.1) is 0 Å². The fourth-order valence-electron chi connectivity index (χ4n) is 2.83. The number of rotatable bonds is 4. The lowest BCUT2D eigenvalue weighted by Crippen LogP contribution is -2.47. The highest BCUT2D eigenvalue weighted by molar-refractivity contribution is 14.0. The molecule has 0 radical (unpaired) electrons. The summed E-state index contributed by atoms with van der Waals surface area (Å²) in [5.74, 6) is 1.95. The Balaban J connectivity index is 0.00000312. The van der Waals surface area contributed by atoms with Gasteiger partial charge < -0.3 is 15.5 Å². The molecule has 0 amide bonds. The van der Waals surface area contributed by atoms with Gasteiger partial charge in [-0.2, -0.15) is 0 Å². The van der Waals surface area contributed by atoms with Gasteiger partial charge in [0.25, 0.3) is 0 Å². The Hall–Kier alpha value is -1.05. The summed E-state index contributed by atoms with van der Waals surface area (Å²) < 4.78 is 0. The molecule has 6 heteroatoms. The highest BCUT2D eigenvalue weighted by Gasteiger charge is 2.12. The van der Waals surface area contributed by atoms with Gasteiger partial charge in [-0.25, -0.2) is 9.98 Å². The number of aromatic nitrogens is 1. The Bertz CT molecular complexity index is 514. The van der Waals surface area contributed by atoms with Crippen LogP contribution in [0.4, 0.5) is 5.82 Å². The molecule has 2 heterocycles. The van der Waals surface area contributed by atoms with Crippen LogP contribution in [0.2, 0.25) is 0 Å². The zero-order chi connectivity index (χ0) is 17.4. The minimum atomic E-state index is -0.00409. The molecule has 0 saturated carbocycles. The van der Waals surface area contributed by atoms with Crippen molar-refractivity contribution < 1.29 is 0 Å². The Morgan fingerprint density at radius 3 is 2.36 bits per heavy atom. The molecule has 25 heavy (non-hydrogen) atoms. The molecule has 5 nitrogen and oxygen atoms in total. The predicted octanol–water partition coefficient (Wildman–Crippen LogP) is 3.93. The van der Waals surface area contributed by atoms with Gasteiger partial charge in [0.2, 0.25) is 0 Å². The monoisotopic (exact) mass is 459 g/mol. The first-order valence-electron chi connectivity index (χ1n) is 9.24. The Kier molecular flexibility index (Phi) is 9.53. The van der Waals surface area contributed by atoms with Crippen molar-refractivity contribution in [3.8, 4) is 0 Å². The first kappa shape index (κ1) is 22.0. The van der Waals surface area contributed by atoms with Gasteiger partial charge in [0, 0.05) is 31.4 Å². The molecule has 1 aromatic rings. The highest BCUT2D eigenvalue weighted by Crippen LogP contribution is 2.17. The maximum absolute atomic E-state index is 4.67. The van der Waals surface area contributed by atoms with Crippen molar-refractivity contribution in [1.29, 1.82) is 0 Å². The molecule has 0 unspecified atom stereocenters. The van der Waals surface area contributed by atoms with Crippen molar-refractivity contribution in [2.75, 3.05) is 24.5 Å². The number of nitrogens with one attached hydrogen (secondary N) is 2. The van der Waals surface area contributed by atoms with E-state index in [-0.39, 0.29) is 29.5 Å². The minimum absolute atomic E-state index is 0. The Morgan fingerprint density at radius 1 is 1.16 bits per heavy atom. The summed E-state index contributed by atoms with van der Waals surface area (Å²) in [6.45, 7) is 12.2. The van der Waals surface area contributed by atoms with E-state index in [1.54, 1.807) is 0 Å². The van der Waals surface area contributed by atoms with Crippen LogP contribution in [0.15, 0.2) is 23.3 Å². The fraction of sp³-hybridized carbons (Fsp3) is 0.684. The normalized spacial score (nSPS) is 16.0. The van der Waals surface area contributed by atoms with E-state index in [1.807, 2.05) is 6.20 Å². The third-order valence-corrected chi connectivity index (χ3v) is 4.00. The molecular weight excluding hydrogens is 425 g/mol. The van der Waals surface area contributed by atoms with Crippen LogP contribution in [0.3, 0.4) is 0 Å². The minimum Gasteiger partial charge on any atom is -0.357 e. The van der Waals surface area contributed by atoms with Gasteiger partial charge >= 0.3 is 0 Å². The molecule has 1 aliphatic rings. The second-order valence-corrected chi connectivity index (χ2v) is 7.50. The van der Waals surface area contributed by atoms with Gasteiger partial charge in [0.1, 0.15) is 5.82 Å². The van der Waals surface area contributed by atoms with Crippen molar-refractivity contribution in [3.05, 3.63) is 23.9 Å². The molecule has 0 aliphatic carbocycles. The number of nitrogens with zero attached hydrogens (tertiary/aromatic N) is 3. The van der Waals surface area contributed by atoms with E-state index in [0.717, 1.165) is 37.0 Å². The molecule has 0 atom stereocenters. The van der Waals surface area contributed by atoms with Gasteiger partial charge in [0.15, 0.2) is 5.96 Å². The SMILES string of the molecule is CCNC(=NCc1ccc(N2CCCCCC2)nc1)NC(C)(C)C.I. The summed E-state index contributed by atoms with van der Waals surface area (Å²) in [5.41, 5.74) is 1.13.